The molecule has 0 N–H and O–H groups in total. The van der Waals surface area contributed by atoms with Gasteiger partial charge in [0.2, 0.25) is 0 Å². The molecule has 0 radical (unpaired) electrons. The van der Waals surface area contributed by atoms with Gasteiger partial charge < -0.3 is 0 Å². The third kappa shape index (κ3) is 6.39. The summed E-state index contributed by atoms with van der Waals surface area (Å²) in [4.78, 5) is 14.6. The van der Waals surface area contributed by atoms with Crippen molar-refractivity contribution in [3.05, 3.63) is 271 Å². The molecule has 11 aromatic rings. The zero-order chi connectivity index (χ0) is 44.3. The average molecular weight is 852 g/mol. The Morgan fingerprint density at radius 1 is 0.254 bits per heavy atom. The second kappa shape index (κ2) is 15.7. The lowest BCUT2D eigenvalue weighted by molar-refractivity contribution is 0.794. The zero-order valence-electron chi connectivity index (χ0n) is 36.5. The molecule has 3 nitrogen and oxygen atoms in total. The van der Waals surface area contributed by atoms with E-state index < -0.39 is 0 Å². The van der Waals surface area contributed by atoms with Crippen molar-refractivity contribution in [2.75, 3.05) is 0 Å². The number of fused-ring (bicyclic) bond motifs is 10. The van der Waals surface area contributed by atoms with Crippen molar-refractivity contribution in [3.63, 3.8) is 0 Å². The van der Waals surface area contributed by atoms with Crippen molar-refractivity contribution in [1.29, 1.82) is 0 Å². The highest BCUT2D eigenvalue weighted by molar-refractivity contribution is 5.96. The molecule has 0 fully saturated rings. The van der Waals surface area contributed by atoms with E-state index in [2.05, 4.69) is 217 Å². The lowest BCUT2D eigenvalue weighted by Gasteiger charge is -2.30. The molecular weight excluding hydrogens is 811 g/mol. The van der Waals surface area contributed by atoms with Crippen LogP contribution < -0.4 is 0 Å². The highest BCUT2D eigenvalue weighted by Gasteiger charge is 2.51. The largest absolute Gasteiger partial charge is 0.264 e. The molecule has 2 aliphatic rings. The minimum Gasteiger partial charge on any atom is -0.264 e. The van der Waals surface area contributed by atoms with Gasteiger partial charge in [0.05, 0.1) is 16.8 Å². The number of aromatic nitrogens is 3. The molecule has 3 heteroatoms. The van der Waals surface area contributed by atoms with E-state index in [0.29, 0.717) is 5.82 Å². The molecule has 0 saturated carbocycles. The third-order valence-corrected chi connectivity index (χ3v) is 13.8. The number of benzene rings is 9. The fourth-order valence-corrected chi connectivity index (χ4v) is 10.7. The van der Waals surface area contributed by atoms with Gasteiger partial charge in [-0.2, -0.15) is 0 Å². The van der Waals surface area contributed by atoms with Crippen LogP contribution in [0.3, 0.4) is 0 Å². The summed E-state index contributed by atoms with van der Waals surface area (Å²) in [5.74, 6) is 0.692. The predicted octanol–water partition coefficient (Wildman–Crippen LogP) is 15.9. The minimum atomic E-state index is -0.377. The summed E-state index contributed by atoms with van der Waals surface area (Å²) < 4.78 is 0. The molecule has 2 aliphatic carbocycles. The Morgan fingerprint density at radius 3 is 1.22 bits per heavy atom. The fourth-order valence-electron chi connectivity index (χ4n) is 10.7. The summed E-state index contributed by atoms with van der Waals surface area (Å²) >= 11 is 0. The Bertz CT molecular complexity index is 3620. The summed E-state index contributed by atoms with van der Waals surface area (Å²) in [6.07, 6.45) is 3.69. The van der Waals surface area contributed by atoms with Crippen LogP contribution in [0.1, 0.15) is 22.3 Å². The average Bonchev–Trinajstić information content (AvgIpc) is 3.88. The first-order valence-electron chi connectivity index (χ1n) is 22.9. The molecule has 0 unspecified atom stereocenters. The van der Waals surface area contributed by atoms with Gasteiger partial charge in [-0.25, -0.2) is 9.97 Å². The number of hydrogen-bond acceptors (Lipinski definition) is 3. The number of rotatable bonds is 7. The van der Waals surface area contributed by atoms with Crippen LogP contribution in [0.4, 0.5) is 0 Å². The monoisotopic (exact) mass is 851 g/mol. The summed E-state index contributed by atoms with van der Waals surface area (Å²) in [6, 6.07) is 85.7. The van der Waals surface area contributed by atoms with E-state index in [1.807, 2.05) is 30.5 Å². The van der Waals surface area contributed by atoms with E-state index in [4.69, 9.17) is 9.97 Å². The predicted molar refractivity (Wildman–Crippen MR) is 274 cm³/mol. The first-order chi connectivity index (χ1) is 33.2. The van der Waals surface area contributed by atoms with E-state index in [-0.39, 0.29) is 5.41 Å². The van der Waals surface area contributed by atoms with Gasteiger partial charge in [-0.3, -0.25) is 4.98 Å². The molecular formula is C64H41N3. The SMILES string of the molecule is c1ccc(-c2nc(-c3ccc(-c4cccnc4)cc3)cc(-c3cccc(-c4cccc(-c5cccc(-c6ccc7c(c6)C6(c8ccccc8-c8ccccc86)c6ccccc6-7)c5)c4)c3)n2)cc1. The summed E-state index contributed by atoms with van der Waals surface area (Å²) in [5, 5.41) is 0. The number of pyridine rings is 1. The maximum absolute atomic E-state index is 5.16. The molecule has 0 amide bonds. The van der Waals surface area contributed by atoms with Crippen LogP contribution in [0.2, 0.25) is 0 Å². The van der Waals surface area contributed by atoms with Crippen LogP contribution in [0, 0.1) is 0 Å². The minimum absolute atomic E-state index is 0.377. The van der Waals surface area contributed by atoms with E-state index >= 15 is 0 Å². The standard InChI is InChI=1S/C64H41N3/c1-2-14-44(15-3-1)63-66-61(43-31-29-42(30-32-43)52-22-13-35-65-41-52)40-62(67-63)51-21-12-20-49(38-51)47-18-10-16-45(36-47)46-17-11-19-48(37-46)50-33-34-56-55-25-6-9-28-59(55)64(60(56)39-50)57-26-7-4-23-53(57)54-24-5-8-27-58(54)64/h1-41H. The van der Waals surface area contributed by atoms with Gasteiger partial charge in [0, 0.05) is 29.1 Å². The Kier molecular flexibility index (Phi) is 9.07. The third-order valence-electron chi connectivity index (χ3n) is 13.8. The van der Waals surface area contributed by atoms with Crippen LogP contribution in [0.25, 0.3) is 101 Å². The zero-order valence-corrected chi connectivity index (χ0v) is 36.5. The first kappa shape index (κ1) is 38.6. The molecule has 0 atom stereocenters. The van der Waals surface area contributed by atoms with Crippen molar-refractivity contribution in [2.24, 2.45) is 0 Å². The molecule has 0 bridgehead atoms. The Morgan fingerprint density at radius 2 is 0.672 bits per heavy atom. The maximum Gasteiger partial charge on any atom is 0.160 e. The van der Waals surface area contributed by atoms with Gasteiger partial charge in [-0.15, -0.1) is 0 Å². The molecule has 13 rings (SSSR count). The van der Waals surface area contributed by atoms with Gasteiger partial charge in [0.1, 0.15) is 0 Å². The van der Waals surface area contributed by atoms with Crippen molar-refractivity contribution in [3.8, 4) is 101 Å². The van der Waals surface area contributed by atoms with E-state index in [1.54, 1.807) is 6.20 Å². The fraction of sp³-hybridized carbons (Fsp3) is 0.0156. The summed E-state index contributed by atoms with van der Waals surface area (Å²) in [7, 11) is 0. The highest BCUT2D eigenvalue weighted by atomic mass is 14.9. The second-order valence-corrected chi connectivity index (χ2v) is 17.5. The van der Waals surface area contributed by atoms with Crippen molar-refractivity contribution >= 4 is 0 Å². The van der Waals surface area contributed by atoms with Crippen LogP contribution >= 0.6 is 0 Å². The van der Waals surface area contributed by atoms with Crippen LogP contribution in [0.15, 0.2) is 249 Å². The van der Waals surface area contributed by atoms with Crippen molar-refractivity contribution in [1.82, 2.24) is 15.0 Å². The van der Waals surface area contributed by atoms with Gasteiger partial charge in [-0.05, 0) is 125 Å². The van der Waals surface area contributed by atoms with E-state index in [0.717, 1.165) is 50.3 Å². The Labute approximate surface area is 390 Å². The number of hydrogen-bond donors (Lipinski definition) is 0. The lowest BCUT2D eigenvalue weighted by Crippen LogP contribution is -2.25. The normalized spacial score (nSPS) is 12.6. The molecule has 67 heavy (non-hydrogen) atoms. The summed E-state index contributed by atoms with van der Waals surface area (Å²) in [6.45, 7) is 0. The number of nitrogens with zero attached hydrogens (tertiary/aromatic N) is 3. The summed E-state index contributed by atoms with van der Waals surface area (Å²) in [5.41, 5.74) is 24.3. The quantitative estimate of drug-likeness (QED) is 0.160. The second-order valence-electron chi connectivity index (χ2n) is 17.5. The first-order valence-corrected chi connectivity index (χ1v) is 22.9. The van der Waals surface area contributed by atoms with Crippen LogP contribution in [-0.2, 0) is 5.41 Å². The van der Waals surface area contributed by atoms with Crippen molar-refractivity contribution in [2.45, 2.75) is 5.41 Å². The van der Waals surface area contributed by atoms with Crippen LogP contribution in [-0.4, -0.2) is 15.0 Å². The highest BCUT2D eigenvalue weighted by Crippen LogP contribution is 2.63. The molecule has 2 heterocycles. The molecule has 312 valence electrons. The Hall–Kier alpha value is -8.79. The van der Waals surface area contributed by atoms with Gasteiger partial charge >= 0.3 is 0 Å². The maximum atomic E-state index is 5.16. The van der Waals surface area contributed by atoms with Crippen molar-refractivity contribution < 1.29 is 0 Å². The van der Waals surface area contributed by atoms with E-state index in [9.17, 15) is 0 Å². The van der Waals surface area contributed by atoms with E-state index in [1.165, 1.54) is 66.8 Å². The molecule has 1 spiro atoms. The Balaban J connectivity index is 0.857. The van der Waals surface area contributed by atoms with Gasteiger partial charge in [-0.1, -0.05) is 200 Å². The van der Waals surface area contributed by atoms with Gasteiger partial charge in [0.15, 0.2) is 5.82 Å². The molecule has 9 aromatic carbocycles. The van der Waals surface area contributed by atoms with Gasteiger partial charge in [0.25, 0.3) is 0 Å². The van der Waals surface area contributed by atoms with Crippen LogP contribution in [0.5, 0.6) is 0 Å². The topological polar surface area (TPSA) is 38.7 Å². The smallest absolute Gasteiger partial charge is 0.160 e. The molecule has 0 saturated heterocycles. The lowest BCUT2D eigenvalue weighted by atomic mass is 9.70. The molecule has 2 aromatic heterocycles. The molecule has 0 aliphatic heterocycles.